The summed E-state index contributed by atoms with van der Waals surface area (Å²) in [6.45, 7) is 2.73. The minimum Gasteiger partial charge on any atom is -0.378 e. The third-order valence-corrected chi connectivity index (χ3v) is 2.90. The van der Waals surface area contributed by atoms with Crippen molar-refractivity contribution in [1.82, 2.24) is 9.78 Å². The Bertz CT molecular complexity index is 339. The summed E-state index contributed by atoms with van der Waals surface area (Å²) in [6, 6.07) is 0. The van der Waals surface area contributed by atoms with Gasteiger partial charge in [-0.2, -0.15) is 16.9 Å². The van der Waals surface area contributed by atoms with Gasteiger partial charge in [0.15, 0.2) is 0 Å². The van der Waals surface area contributed by atoms with Crippen LogP contribution in [-0.4, -0.2) is 26.2 Å². The highest BCUT2D eigenvalue weighted by atomic mass is 32.2. The van der Waals surface area contributed by atoms with E-state index in [0.717, 1.165) is 17.9 Å². The zero-order chi connectivity index (χ0) is 11.3. The molecule has 84 valence electrons. The number of aryl methyl sites for hydroxylation is 1. The van der Waals surface area contributed by atoms with Crippen LogP contribution in [0.1, 0.15) is 13.3 Å². The maximum Gasteiger partial charge on any atom is 0.330 e. The second kappa shape index (κ2) is 5.59. The van der Waals surface area contributed by atoms with E-state index in [4.69, 9.17) is 5.73 Å². The third kappa shape index (κ3) is 3.12. The number of nitrogens with zero attached hydrogens (tertiary/aromatic N) is 3. The minimum atomic E-state index is -0.514. The van der Waals surface area contributed by atoms with Crippen LogP contribution in [0.2, 0.25) is 0 Å². The fourth-order valence-corrected chi connectivity index (χ4v) is 1.79. The number of nitrogens with two attached hydrogens (primary N) is 1. The van der Waals surface area contributed by atoms with Crippen molar-refractivity contribution in [3.8, 4) is 0 Å². The summed E-state index contributed by atoms with van der Waals surface area (Å²) in [5.74, 6) is 2.24. The number of aromatic nitrogens is 2. The molecule has 1 rings (SSSR count). The van der Waals surface area contributed by atoms with Crippen molar-refractivity contribution in [1.29, 1.82) is 0 Å². The summed E-state index contributed by atoms with van der Waals surface area (Å²) in [5.41, 5.74) is 5.46. The minimum absolute atomic E-state index is 0.113. The highest BCUT2D eigenvalue weighted by Crippen LogP contribution is 2.20. The molecule has 0 aliphatic heterocycles. The fraction of sp³-hybridized carbons (Fsp3) is 0.625. The van der Waals surface area contributed by atoms with E-state index in [2.05, 4.69) is 12.0 Å². The molecule has 0 aromatic carbocycles. The van der Waals surface area contributed by atoms with Crippen molar-refractivity contribution in [2.24, 2.45) is 0 Å². The molecule has 0 aliphatic rings. The number of nitrogen functional groups attached to an aromatic ring is 1. The van der Waals surface area contributed by atoms with Crippen molar-refractivity contribution >= 4 is 23.3 Å². The Labute approximate surface area is 92.0 Å². The Kier molecular flexibility index (Phi) is 4.41. The maximum absolute atomic E-state index is 10.5. The summed E-state index contributed by atoms with van der Waals surface area (Å²) in [7, 11) is 0. The normalized spacial score (nSPS) is 10.5. The molecule has 0 unspecified atom stereocenters. The van der Waals surface area contributed by atoms with Crippen LogP contribution in [0.3, 0.4) is 0 Å². The van der Waals surface area contributed by atoms with Crippen LogP contribution in [-0.2, 0) is 6.54 Å². The Balaban J connectivity index is 2.51. The summed E-state index contributed by atoms with van der Waals surface area (Å²) >= 11 is 1.83. The Hall–Kier alpha value is -1.24. The van der Waals surface area contributed by atoms with Gasteiger partial charge in [-0.3, -0.25) is 10.1 Å². The van der Waals surface area contributed by atoms with E-state index in [1.807, 2.05) is 11.8 Å². The van der Waals surface area contributed by atoms with Crippen LogP contribution in [0.15, 0.2) is 6.20 Å². The summed E-state index contributed by atoms with van der Waals surface area (Å²) in [4.78, 5) is 9.97. The Morgan fingerprint density at radius 3 is 3.00 bits per heavy atom. The number of hydrogen-bond acceptors (Lipinski definition) is 5. The van der Waals surface area contributed by atoms with Crippen LogP contribution in [0, 0.1) is 10.1 Å². The number of rotatable bonds is 6. The van der Waals surface area contributed by atoms with Gasteiger partial charge in [0, 0.05) is 6.54 Å². The standard InChI is InChI=1S/C8H14N4O2S/c1-2-15-5-3-4-11-8(9)7(6-10-11)12(13)14/h6H,2-5,9H2,1H3. The predicted molar refractivity (Wildman–Crippen MR) is 60.9 cm³/mol. The van der Waals surface area contributed by atoms with Gasteiger partial charge in [0.1, 0.15) is 6.20 Å². The quantitative estimate of drug-likeness (QED) is 0.455. The van der Waals surface area contributed by atoms with Crippen LogP contribution in [0.5, 0.6) is 0 Å². The average molecular weight is 230 g/mol. The molecular formula is C8H14N4O2S. The van der Waals surface area contributed by atoms with Crippen molar-refractivity contribution in [2.75, 3.05) is 17.2 Å². The summed E-state index contributed by atoms with van der Waals surface area (Å²) < 4.78 is 1.48. The second-order valence-corrected chi connectivity index (χ2v) is 4.34. The van der Waals surface area contributed by atoms with E-state index >= 15 is 0 Å². The highest BCUT2D eigenvalue weighted by Gasteiger charge is 2.16. The lowest BCUT2D eigenvalue weighted by molar-refractivity contribution is -0.384. The van der Waals surface area contributed by atoms with Crippen LogP contribution >= 0.6 is 11.8 Å². The van der Waals surface area contributed by atoms with Gasteiger partial charge in [-0.15, -0.1) is 0 Å². The number of thioether (sulfide) groups is 1. The molecule has 1 aromatic heterocycles. The predicted octanol–water partition coefficient (Wildman–Crippen LogP) is 1.52. The fourth-order valence-electron chi connectivity index (χ4n) is 1.16. The molecular weight excluding hydrogens is 216 g/mol. The molecule has 6 nitrogen and oxygen atoms in total. The molecule has 0 amide bonds. The monoisotopic (exact) mass is 230 g/mol. The molecule has 2 N–H and O–H groups in total. The van der Waals surface area contributed by atoms with Crippen molar-refractivity contribution in [2.45, 2.75) is 19.9 Å². The first-order valence-corrected chi connectivity index (χ1v) is 5.85. The van der Waals surface area contributed by atoms with Gasteiger partial charge in [-0.25, -0.2) is 4.68 Å². The molecule has 0 radical (unpaired) electrons. The average Bonchev–Trinajstić information content (AvgIpc) is 2.55. The van der Waals surface area contributed by atoms with Gasteiger partial charge in [0.05, 0.1) is 4.92 Å². The highest BCUT2D eigenvalue weighted by molar-refractivity contribution is 7.99. The van der Waals surface area contributed by atoms with Crippen LogP contribution in [0.25, 0.3) is 0 Å². The first-order valence-electron chi connectivity index (χ1n) is 4.70. The van der Waals surface area contributed by atoms with Gasteiger partial charge in [-0.05, 0) is 17.9 Å². The van der Waals surface area contributed by atoms with Gasteiger partial charge in [0.25, 0.3) is 0 Å². The summed E-state index contributed by atoms with van der Waals surface area (Å²) in [5, 5.41) is 14.4. The van der Waals surface area contributed by atoms with Crippen LogP contribution in [0.4, 0.5) is 11.5 Å². The summed E-state index contributed by atoms with van der Waals surface area (Å²) in [6.07, 6.45) is 2.11. The Morgan fingerprint density at radius 1 is 1.73 bits per heavy atom. The van der Waals surface area contributed by atoms with E-state index in [-0.39, 0.29) is 11.5 Å². The molecule has 1 aromatic rings. The van der Waals surface area contributed by atoms with E-state index in [1.165, 1.54) is 10.9 Å². The maximum atomic E-state index is 10.5. The molecule has 0 spiro atoms. The van der Waals surface area contributed by atoms with Crippen molar-refractivity contribution < 1.29 is 4.92 Å². The number of hydrogen-bond donors (Lipinski definition) is 1. The van der Waals surface area contributed by atoms with Gasteiger partial charge in [-0.1, -0.05) is 6.92 Å². The molecule has 0 atom stereocenters. The molecule has 0 aliphatic carbocycles. The topological polar surface area (TPSA) is 87.0 Å². The SMILES string of the molecule is CCSCCCn1ncc([N+](=O)[O-])c1N. The third-order valence-electron chi connectivity index (χ3n) is 1.92. The molecule has 15 heavy (non-hydrogen) atoms. The first kappa shape index (κ1) is 11.8. The zero-order valence-corrected chi connectivity index (χ0v) is 9.37. The number of nitro groups is 1. The van der Waals surface area contributed by atoms with Crippen molar-refractivity contribution in [3.05, 3.63) is 16.3 Å². The lowest BCUT2D eigenvalue weighted by Gasteiger charge is -2.02. The Morgan fingerprint density at radius 2 is 2.47 bits per heavy atom. The second-order valence-electron chi connectivity index (χ2n) is 2.95. The van der Waals surface area contributed by atoms with E-state index < -0.39 is 4.92 Å². The molecule has 0 bridgehead atoms. The molecule has 0 fully saturated rings. The lowest BCUT2D eigenvalue weighted by Crippen LogP contribution is -2.06. The zero-order valence-electron chi connectivity index (χ0n) is 8.55. The molecule has 0 saturated heterocycles. The smallest absolute Gasteiger partial charge is 0.330 e. The first-order chi connectivity index (χ1) is 7.16. The van der Waals surface area contributed by atoms with Crippen molar-refractivity contribution in [3.63, 3.8) is 0 Å². The van der Waals surface area contributed by atoms with Crippen LogP contribution < -0.4 is 5.73 Å². The number of anilines is 1. The molecule has 7 heteroatoms. The van der Waals surface area contributed by atoms with E-state index in [9.17, 15) is 10.1 Å². The van der Waals surface area contributed by atoms with Gasteiger partial charge < -0.3 is 5.73 Å². The molecule has 0 saturated carbocycles. The van der Waals surface area contributed by atoms with E-state index in [0.29, 0.717) is 6.54 Å². The molecule has 1 heterocycles. The van der Waals surface area contributed by atoms with Gasteiger partial charge >= 0.3 is 5.69 Å². The van der Waals surface area contributed by atoms with Gasteiger partial charge in [0.2, 0.25) is 5.82 Å². The lowest BCUT2D eigenvalue weighted by atomic mass is 10.4. The largest absolute Gasteiger partial charge is 0.378 e. The van der Waals surface area contributed by atoms with E-state index in [1.54, 1.807) is 0 Å².